The maximum atomic E-state index is 10.4. The zero-order chi connectivity index (χ0) is 40.0. The molecule has 0 atom stereocenters. The van der Waals surface area contributed by atoms with Crippen LogP contribution in [0.3, 0.4) is 0 Å². The Labute approximate surface area is 336 Å². The zero-order valence-electron chi connectivity index (χ0n) is 28.5. The summed E-state index contributed by atoms with van der Waals surface area (Å²) in [6, 6.07) is 14.4. The van der Waals surface area contributed by atoms with Crippen molar-refractivity contribution in [3.63, 3.8) is 0 Å². The fraction of sp³-hybridized carbons (Fsp3) is 0.111. The van der Waals surface area contributed by atoms with Crippen molar-refractivity contribution in [1.29, 1.82) is 0 Å². The molecule has 0 heterocycles. The van der Waals surface area contributed by atoms with Crippen molar-refractivity contribution in [2.24, 2.45) is 0 Å². The quantitative estimate of drug-likeness (QED) is 0.150. The summed E-state index contributed by atoms with van der Waals surface area (Å²) in [5.74, 6) is -10.6. The molecule has 4 rings (SSSR count). The van der Waals surface area contributed by atoms with E-state index in [2.05, 4.69) is 0 Å². The Kier molecular flexibility index (Phi) is 21.3. The fourth-order valence-electron chi connectivity index (χ4n) is 4.08. The van der Waals surface area contributed by atoms with Crippen molar-refractivity contribution in [3.05, 3.63) is 140 Å². The SMILES string of the molecule is Cc1cc(C(=O)[O-])ccc1C(=O)[O-].Cc1cc(C(=O)[O-])ccc1C(=O)[O-].Cc1cc(C(=O)[O-])ccc1C(=O)[O-].Cc1cc(C(=O)[O-])ccc1C(=O)[O-].[Ti+4].[Ti+4]. The third-order valence-electron chi connectivity index (χ3n) is 6.73. The number of benzene rings is 4. The van der Waals surface area contributed by atoms with Gasteiger partial charge in [0, 0.05) is 22.3 Å². The Morgan fingerprint density at radius 1 is 0.296 bits per heavy atom. The molecule has 0 saturated heterocycles. The molecule has 272 valence electrons. The van der Waals surface area contributed by atoms with Gasteiger partial charge in [-0.05, 0) is 96.5 Å². The summed E-state index contributed by atoms with van der Waals surface area (Å²) in [5, 5.41) is 83.2. The van der Waals surface area contributed by atoms with Crippen LogP contribution in [0, 0.1) is 27.7 Å². The molecule has 0 radical (unpaired) electrons. The summed E-state index contributed by atoms with van der Waals surface area (Å²) in [5.41, 5.74) is 1.20. The number of aromatic carboxylic acids is 8. The first-order chi connectivity index (χ1) is 24.1. The van der Waals surface area contributed by atoms with Gasteiger partial charge in [0.15, 0.2) is 0 Å². The first kappa shape index (κ1) is 50.2. The summed E-state index contributed by atoms with van der Waals surface area (Å²) in [4.78, 5) is 83.2. The smallest absolute Gasteiger partial charge is 0.545 e. The van der Waals surface area contributed by atoms with Crippen LogP contribution in [-0.2, 0) is 43.4 Å². The van der Waals surface area contributed by atoms with Crippen LogP contribution in [-0.4, -0.2) is 47.8 Å². The summed E-state index contributed by atoms with van der Waals surface area (Å²) >= 11 is 0. The predicted octanol–water partition coefficient (Wildman–Crippen LogP) is -5.12. The van der Waals surface area contributed by atoms with Crippen molar-refractivity contribution in [2.45, 2.75) is 27.7 Å². The summed E-state index contributed by atoms with van der Waals surface area (Å²) < 4.78 is 0. The van der Waals surface area contributed by atoms with Gasteiger partial charge in [-0.15, -0.1) is 0 Å². The van der Waals surface area contributed by atoms with Gasteiger partial charge in [-0.25, -0.2) is 0 Å². The second-order valence-corrected chi connectivity index (χ2v) is 10.4. The van der Waals surface area contributed by atoms with Gasteiger partial charge in [-0.1, -0.05) is 48.5 Å². The van der Waals surface area contributed by atoms with Crippen LogP contribution < -0.4 is 40.9 Å². The van der Waals surface area contributed by atoms with Gasteiger partial charge < -0.3 is 79.2 Å². The minimum Gasteiger partial charge on any atom is -0.545 e. The van der Waals surface area contributed by atoms with E-state index >= 15 is 0 Å². The Hall–Kier alpha value is -5.93. The minimum atomic E-state index is -1.33. The van der Waals surface area contributed by atoms with Crippen LogP contribution in [0.4, 0.5) is 0 Å². The molecule has 0 amide bonds. The molecule has 4 aromatic rings. The number of hydrogen-bond acceptors (Lipinski definition) is 16. The average molecular weight is 808 g/mol. The Bertz CT molecular complexity index is 1780. The maximum Gasteiger partial charge on any atom is 4.00 e. The second-order valence-electron chi connectivity index (χ2n) is 10.4. The number of carboxylic acid groups (broad SMARTS) is 8. The molecule has 54 heavy (non-hydrogen) atoms. The predicted molar refractivity (Wildman–Crippen MR) is 159 cm³/mol. The monoisotopic (exact) mass is 808 g/mol. The Morgan fingerprint density at radius 3 is 0.537 bits per heavy atom. The third-order valence-corrected chi connectivity index (χ3v) is 6.73. The molecule has 0 bridgehead atoms. The van der Waals surface area contributed by atoms with E-state index in [9.17, 15) is 79.2 Å². The van der Waals surface area contributed by atoms with Crippen LogP contribution >= 0.6 is 0 Å². The van der Waals surface area contributed by atoms with E-state index in [1.165, 1.54) is 100 Å². The summed E-state index contributed by atoms with van der Waals surface area (Å²) in [7, 11) is 0. The molecular weight excluding hydrogens is 784 g/mol. The van der Waals surface area contributed by atoms with Crippen LogP contribution in [0.5, 0.6) is 0 Å². The van der Waals surface area contributed by atoms with Crippen LogP contribution in [0.2, 0.25) is 0 Å². The molecule has 0 N–H and O–H groups in total. The van der Waals surface area contributed by atoms with Gasteiger partial charge in [0.05, 0.1) is 47.8 Å². The third kappa shape index (κ3) is 15.4. The van der Waals surface area contributed by atoms with Crippen LogP contribution in [0.25, 0.3) is 0 Å². The summed E-state index contributed by atoms with van der Waals surface area (Å²) in [6.07, 6.45) is 0. The van der Waals surface area contributed by atoms with E-state index in [1.807, 2.05) is 0 Å². The molecule has 4 aromatic carbocycles. The van der Waals surface area contributed by atoms with E-state index in [0.29, 0.717) is 22.3 Å². The van der Waals surface area contributed by atoms with Gasteiger partial charge in [0.25, 0.3) is 0 Å². The molecule has 0 spiro atoms. The first-order valence-corrected chi connectivity index (χ1v) is 14.2. The number of hydrogen-bond donors (Lipinski definition) is 0. The molecule has 0 aliphatic carbocycles. The molecule has 16 nitrogen and oxygen atoms in total. The van der Waals surface area contributed by atoms with E-state index in [0.717, 1.165) is 0 Å². The first-order valence-electron chi connectivity index (χ1n) is 14.2. The fourth-order valence-corrected chi connectivity index (χ4v) is 4.08. The molecule has 0 aliphatic rings. The molecule has 0 aromatic heterocycles. The number of carbonyl (C=O) groups is 8. The standard InChI is InChI=1S/4C9H8O4.2Ti/c4*1-5-4-6(8(10)11)2-3-7(5)9(12)13;;/h4*2-4H,1H3,(H,10,11)(H,12,13);;/q;;;;2*+4/p-8. The van der Waals surface area contributed by atoms with Gasteiger partial charge in [0.2, 0.25) is 0 Å². The van der Waals surface area contributed by atoms with Gasteiger partial charge >= 0.3 is 43.4 Å². The van der Waals surface area contributed by atoms with Crippen molar-refractivity contribution >= 4 is 47.8 Å². The molecule has 0 unspecified atom stereocenters. The van der Waals surface area contributed by atoms with E-state index in [4.69, 9.17) is 0 Å². The topological polar surface area (TPSA) is 321 Å². The van der Waals surface area contributed by atoms with Gasteiger partial charge in [0.1, 0.15) is 0 Å². The number of rotatable bonds is 8. The molecule has 0 saturated carbocycles. The number of aryl methyl sites for hydroxylation is 4. The van der Waals surface area contributed by atoms with Crippen molar-refractivity contribution in [3.8, 4) is 0 Å². The maximum absolute atomic E-state index is 10.4. The van der Waals surface area contributed by atoms with Crippen molar-refractivity contribution in [2.75, 3.05) is 0 Å². The summed E-state index contributed by atoms with van der Waals surface area (Å²) in [6.45, 7) is 5.99. The van der Waals surface area contributed by atoms with Gasteiger partial charge in [-0.3, -0.25) is 0 Å². The van der Waals surface area contributed by atoms with E-state index in [1.54, 1.807) is 0 Å². The van der Waals surface area contributed by atoms with E-state index < -0.39 is 47.8 Å². The van der Waals surface area contributed by atoms with Crippen LogP contribution in [0.1, 0.15) is 105 Å². The Morgan fingerprint density at radius 2 is 0.444 bits per heavy atom. The van der Waals surface area contributed by atoms with Crippen LogP contribution in [0.15, 0.2) is 72.8 Å². The van der Waals surface area contributed by atoms with Crippen molar-refractivity contribution in [1.82, 2.24) is 0 Å². The van der Waals surface area contributed by atoms with E-state index in [-0.39, 0.29) is 87.9 Å². The molecule has 18 heteroatoms. The molecule has 0 aliphatic heterocycles. The largest absolute Gasteiger partial charge is 4.00 e. The minimum absolute atomic E-state index is 0. The average Bonchev–Trinajstić information content (AvgIpc) is 3.04. The molecule has 0 fully saturated rings. The second kappa shape index (κ2) is 22.9. The Balaban J connectivity index is 0. The zero-order valence-corrected chi connectivity index (χ0v) is 31.6. The van der Waals surface area contributed by atoms with Gasteiger partial charge in [-0.2, -0.15) is 0 Å². The number of carboxylic acids is 8. The molecular formula is C36H24O16Ti2. The number of carbonyl (C=O) groups excluding carboxylic acids is 8. The van der Waals surface area contributed by atoms with Crippen molar-refractivity contribution < 1.29 is 123 Å². The normalized spacial score (nSPS) is 9.26.